The van der Waals surface area contributed by atoms with Gasteiger partial charge in [-0.1, -0.05) is 29.8 Å². The lowest BCUT2D eigenvalue weighted by Crippen LogP contribution is -2.33. The Hall–Kier alpha value is -3.72. The number of aromatic amines is 2. The van der Waals surface area contributed by atoms with Crippen LogP contribution in [-0.4, -0.2) is 45.4 Å². The summed E-state index contributed by atoms with van der Waals surface area (Å²) in [6, 6.07) is 14.4. The highest BCUT2D eigenvalue weighted by molar-refractivity contribution is 6.36. The summed E-state index contributed by atoms with van der Waals surface area (Å²) in [4.78, 5) is 29.1. The number of rotatable bonds is 5. The van der Waals surface area contributed by atoms with Gasteiger partial charge in [-0.25, -0.2) is 9.97 Å². The number of carbonyl (C=O) groups excluding carboxylic acids is 1. The van der Waals surface area contributed by atoms with Crippen molar-refractivity contribution in [1.29, 1.82) is 0 Å². The quantitative estimate of drug-likeness (QED) is 0.317. The first-order chi connectivity index (χ1) is 16.7. The molecule has 8 nitrogen and oxygen atoms in total. The summed E-state index contributed by atoms with van der Waals surface area (Å²) in [6.07, 6.45) is 3.18. The summed E-state index contributed by atoms with van der Waals surface area (Å²) in [5.41, 5.74) is 2.81. The van der Waals surface area contributed by atoms with Crippen LogP contribution in [-0.2, 0) is 4.74 Å². The number of imidazole rings is 1. The van der Waals surface area contributed by atoms with E-state index >= 15 is 0 Å². The van der Waals surface area contributed by atoms with Crippen molar-refractivity contribution in [3.63, 3.8) is 0 Å². The number of hydrogen-bond acceptors (Lipinski definition) is 6. The number of nitrogens with one attached hydrogen (secondary N) is 3. The van der Waals surface area contributed by atoms with Crippen molar-refractivity contribution in [1.82, 2.24) is 25.3 Å². The second-order valence-electron chi connectivity index (χ2n) is 8.02. The standard InChI is InChI=1S/C25H20ClN5O3/c26-18-10-15(34-14-4-2-1-3-5-14)6-7-16(18)23(32)17-11-28-25-21(17)22-19(12-29-25)30-24(31-22)20-13-27-8-9-33-20/h1-7,10-12,20,27H,8-9,13H2,(H,28,29)(H,30,31). The van der Waals surface area contributed by atoms with Gasteiger partial charge in [0.05, 0.1) is 34.3 Å². The first-order valence-electron chi connectivity index (χ1n) is 10.9. The van der Waals surface area contributed by atoms with Gasteiger partial charge in [-0.3, -0.25) is 4.79 Å². The molecule has 0 saturated carbocycles. The number of ketones is 1. The van der Waals surface area contributed by atoms with Crippen LogP contribution in [0.15, 0.2) is 60.9 Å². The van der Waals surface area contributed by atoms with Crippen molar-refractivity contribution in [3.05, 3.63) is 82.9 Å². The Morgan fingerprint density at radius 1 is 1.12 bits per heavy atom. The molecule has 170 valence electrons. The predicted molar refractivity (Wildman–Crippen MR) is 129 cm³/mol. The normalized spacial score (nSPS) is 16.2. The van der Waals surface area contributed by atoms with Gasteiger partial charge >= 0.3 is 0 Å². The average Bonchev–Trinajstić information content (AvgIpc) is 3.49. The molecule has 1 unspecified atom stereocenters. The van der Waals surface area contributed by atoms with Gasteiger partial charge in [-0.15, -0.1) is 0 Å². The summed E-state index contributed by atoms with van der Waals surface area (Å²) >= 11 is 6.51. The Bertz CT molecular complexity index is 1510. The zero-order valence-corrected chi connectivity index (χ0v) is 18.7. The van der Waals surface area contributed by atoms with E-state index < -0.39 is 0 Å². The number of nitrogens with zero attached hydrogens (tertiary/aromatic N) is 2. The number of hydrogen-bond donors (Lipinski definition) is 3. The monoisotopic (exact) mass is 473 g/mol. The third kappa shape index (κ3) is 3.71. The number of carbonyl (C=O) groups is 1. The van der Waals surface area contributed by atoms with Gasteiger partial charge in [-0.2, -0.15) is 0 Å². The largest absolute Gasteiger partial charge is 0.457 e. The van der Waals surface area contributed by atoms with Gasteiger partial charge in [-0.05, 0) is 24.3 Å². The van der Waals surface area contributed by atoms with E-state index in [9.17, 15) is 4.79 Å². The summed E-state index contributed by atoms with van der Waals surface area (Å²) in [7, 11) is 0. The van der Waals surface area contributed by atoms with E-state index in [1.165, 1.54) is 0 Å². The van der Waals surface area contributed by atoms with E-state index in [0.29, 0.717) is 63.2 Å². The van der Waals surface area contributed by atoms with Gasteiger partial charge in [0.2, 0.25) is 0 Å². The number of para-hydroxylation sites is 1. The lowest BCUT2D eigenvalue weighted by Gasteiger charge is -2.21. The topological polar surface area (TPSA) is 105 Å². The molecule has 0 bridgehead atoms. The highest BCUT2D eigenvalue weighted by atomic mass is 35.5. The van der Waals surface area contributed by atoms with E-state index in [2.05, 4.69) is 20.3 Å². The van der Waals surface area contributed by atoms with E-state index in [1.807, 2.05) is 30.3 Å². The second-order valence-corrected chi connectivity index (χ2v) is 8.43. The van der Waals surface area contributed by atoms with Crippen molar-refractivity contribution < 1.29 is 14.3 Å². The third-order valence-electron chi connectivity index (χ3n) is 5.81. The van der Waals surface area contributed by atoms with Crippen LogP contribution < -0.4 is 10.1 Å². The molecule has 34 heavy (non-hydrogen) atoms. The molecule has 1 saturated heterocycles. The average molecular weight is 474 g/mol. The van der Waals surface area contributed by atoms with Crippen LogP contribution in [0.5, 0.6) is 11.5 Å². The molecule has 1 aliphatic heterocycles. The zero-order valence-electron chi connectivity index (χ0n) is 18.0. The molecule has 0 amide bonds. The molecular formula is C25H20ClN5O3. The van der Waals surface area contributed by atoms with Crippen LogP contribution in [0.25, 0.3) is 22.1 Å². The van der Waals surface area contributed by atoms with Crippen LogP contribution in [0.3, 0.4) is 0 Å². The Morgan fingerprint density at radius 2 is 2.00 bits per heavy atom. The maximum Gasteiger partial charge on any atom is 0.196 e. The molecular weight excluding hydrogens is 454 g/mol. The molecule has 0 spiro atoms. The predicted octanol–water partition coefficient (Wildman–Crippen LogP) is 4.78. The number of ether oxygens (including phenoxy) is 2. The molecule has 9 heteroatoms. The minimum absolute atomic E-state index is 0.180. The number of fused-ring (bicyclic) bond motifs is 3. The first kappa shape index (κ1) is 20.9. The van der Waals surface area contributed by atoms with Crippen molar-refractivity contribution in [2.75, 3.05) is 19.7 Å². The van der Waals surface area contributed by atoms with Gasteiger partial charge in [0, 0.05) is 30.9 Å². The van der Waals surface area contributed by atoms with E-state index in [1.54, 1.807) is 30.6 Å². The number of benzene rings is 2. The van der Waals surface area contributed by atoms with Gasteiger partial charge in [0.1, 0.15) is 34.6 Å². The maximum absolute atomic E-state index is 13.5. The van der Waals surface area contributed by atoms with Crippen molar-refractivity contribution in [2.45, 2.75) is 6.10 Å². The molecule has 6 rings (SSSR count). The highest BCUT2D eigenvalue weighted by Gasteiger charge is 2.24. The van der Waals surface area contributed by atoms with Crippen LogP contribution in [0, 0.1) is 0 Å². The molecule has 0 aliphatic carbocycles. The summed E-state index contributed by atoms with van der Waals surface area (Å²) in [5.74, 6) is 1.72. The van der Waals surface area contributed by atoms with Crippen molar-refractivity contribution in [2.24, 2.45) is 0 Å². The first-order valence-corrected chi connectivity index (χ1v) is 11.3. The fraction of sp³-hybridized carbons (Fsp3) is 0.160. The lowest BCUT2D eigenvalue weighted by atomic mass is 10.0. The zero-order chi connectivity index (χ0) is 23.1. The molecule has 5 aromatic rings. The van der Waals surface area contributed by atoms with E-state index in [4.69, 9.17) is 26.1 Å². The van der Waals surface area contributed by atoms with Crippen molar-refractivity contribution >= 4 is 39.5 Å². The van der Waals surface area contributed by atoms with Crippen LogP contribution in [0.4, 0.5) is 0 Å². The fourth-order valence-corrected chi connectivity index (χ4v) is 4.41. The lowest BCUT2D eigenvalue weighted by molar-refractivity contribution is 0.0228. The Kier molecular flexibility index (Phi) is 5.26. The molecule has 0 radical (unpaired) electrons. The Balaban J connectivity index is 1.36. The van der Waals surface area contributed by atoms with Crippen LogP contribution in [0.1, 0.15) is 27.8 Å². The molecule has 4 heterocycles. The number of aromatic nitrogens is 4. The third-order valence-corrected chi connectivity index (χ3v) is 6.12. The molecule has 1 atom stereocenters. The summed E-state index contributed by atoms with van der Waals surface area (Å²) in [6.45, 7) is 2.10. The molecule has 3 N–H and O–H groups in total. The van der Waals surface area contributed by atoms with E-state index in [0.717, 1.165) is 12.1 Å². The molecule has 1 fully saturated rings. The number of H-pyrrole nitrogens is 2. The second kappa shape index (κ2) is 8.57. The smallest absolute Gasteiger partial charge is 0.196 e. The minimum atomic E-state index is -0.225. The SMILES string of the molecule is O=C(c1ccc(Oc2ccccc2)cc1Cl)c1c[nH]c2ncc3[nH]c(C4CNCCO4)nc3c12. The van der Waals surface area contributed by atoms with Crippen LogP contribution in [0.2, 0.25) is 5.02 Å². The summed E-state index contributed by atoms with van der Waals surface area (Å²) in [5, 5.41) is 4.25. The van der Waals surface area contributed by atoms with Crippen LogP contribution >= 0.6 is 11.6 Å². The number of pyridine rings is 1. The fourth-order valence-electron chi connectivity index (χ4n) is 4.16. The maximum atomic E-state index is 13.5. The molecule has 3 aromatic heterocycles. The highest BCUT2D eigenvalue weighted by Crippen LogP contribution is 2.32. The number of morpholine rings is 1. The van der Waals surface area contributed by atoms with Crippen molar-refractivity contribution in [3.8, 4) is 11.5 Å². The number of halogens is 1. The van der Waals surface area contributed by atoms with Gasteiger partial charge < -0.3 is 24.8 Å². The molecule has 1 aliphatic rings. The van der Waals surface area contributed by atoms with Gasteiger partial charge in [0.15, 0.2) is 5.78 Å². The Labute approximate surface area is 199 Å². The van der Waals surface area contributed by atoms with Gasteiger partial charge in [0.25, 0.3) is 0 Å². The molecule has 2 aromatic carbocycles. The Morgan fingerprint density at radius 3 is 2.79 bits per heavy atom. The minimum Gasteiger partial charge on any atom is -0.457 e. The summed E-state index contributed by atoms with van der Waals surface area (Å²) < 4.78 is 11.7. The van der Waals surface area contributed by atoms with E-state index in [-0.39, 0.29) is 11.9 Å².